The van der Waals surface area contributed by atoms with E-state index in [9.17, 15) is 17.6 Å². The van der Waals surface area contributed by atoms with Gasteiger partial charge in [-0.25, -0.2) is 17.5 Å². The van der Waals surface area contributed by atoms with Crippen LogP contribution in [0.1, 0.15) is 16.8 Å². The fraction of sp³-hybridized carbons (Fsp3) is 0.375. The summed E-state index contributed by atoms with van der Waals surface area (Å²) in [6, 6.07) is 4.02. The van der Waals surface area contributed by atoms with Crippen molar-refractivity contribution in [1.82, 2.24) is 19.4 Å². The van der Waals surface area contributed by atoms with Crippen LogP contribution in [0.25, 0.3) is 11.1 Å². The normalized spacial score (nSPS) is 17.9. The number of likely N-dealkylation sites (tertiary alicyclic amines) is 1. The van der Waals surface area contributed by atoms with Gasteiger partial charge in [0.2, 0.25) is 10.0 Å². The van der Waals surface area contributed by atoms with Crippen molar-refractivity contribution in [3.63, 3.8) is 0 Å². The van der Waals surface area contributed by atoms with Gasteiger partial charge in [-0.2, -0.15) is 5.10 Å². The van der Waals surface area contributed by atoms with E-state index in [0.717, 1.165) is 11.8 Å². The first kappa shape index (κ1) is 17.6. The fourth-order valence-electron chi connectivity index (χ4n) is 2.95. The zero-order valence-corrected chi connectivity index (χ0v) is 14.8. The van der Waals surface area contributed by atoms with Crippen LogP contribution in [-0.2, 0) is 17.1 Å². The zero-order valence-electron chi connectivity index (χ0n) is 13.9. The predicted octanol–water partition coefficient (Wildman–Crippen LogP) is 0.990. The highest BCUT2D eigenvalue weighted by molar-refractivity contribution is 7.88. The maximum atomic E-state index is 14.2. The lowest BCUT2D eigenvalue weighted by Gasteiger charge is -2.17. The third kappa shape index (κ3) is 4.05. The Kier molecular flexibility index (Phi) is 4.61. The quantitative estimate of drug-likeness (QED) is 0.875. The summed E-state index contributed by atoms with van der Waals surface area (Å²) in [6.07, 6.45) is 5.00. The van der Waals surface area contributed by atoms with Crippen molar-refractivity contribution in [3.05, 3.63) is 42.0 Å². The van der Waals surface area contributed by atoms with Crippen LogP contribution in [0.3, 0.4) is 0 Å². The monoisotopic (exact) mass is 366 g/mol. The Morgan fingerprint density at radius 2 is 2.12 bits per heavy atom. The molecule has 134 valence electrons. The number of amides is 1. The van der Waals surface area contributed by atoms with Gasteiger partial charge in [0.25, 0.3) is 5.91 Å². The van der Waals surface area contributed by atoms with Gasteiger partial charge in [0.15, 0.2) is 0 Å². The molecule has 1 unspecified atom stereocenters. The van der Waals surface area contributed by atoms with E-state index in [4.69, 9.17) is 0 Å². The number of nitrogens with one attached hydrogen (secondary N) is 1. The number of hydrogen-bond donors (Lipinski definition) is 1. The molecule has 1 aliphatic heterocycles. The third-order valence-electron chi connectivity index (χ3n) is 4.09. The SMILES string of the molecule is Cn1cc(-c2ccc(F)c(C(=O)N3CCC(NS(C)(=O)=O)C3)c2)cn1. The van der Waals surface area contributed by atoms with Crippen molar-refractivity contribution >= 4 is 15.9 Å². The molecule has 1 fully saturated rings. The van der Waals surface area contributed by atoms with Gasteiger partial charge >= 0.3 is 0 Å². The number of rotatable bonds is 4. The largest absolute Gasteiger partial charge is 0.337 e. The van der Waals surface area contributed by atoms with Crippen LogP contribution in [0.15, 0.2) is 30.6 Å². The first-order chi connectivity index (χ1) is 11.7. The van der Waals surface area contributed by atoms with Crippen LogP contribution in [0.5, 0.6) is 0 Å². The highest BCUT2D eigenvalue weighted by Crippen LogP contribution is 2.23. The molecule has 0 bridgehead atoms. The molecule has 1 atom stereocenters. The van der Waals surface area contributed by atoms with Gasteiger partial charge in [0, 0.05) is 37.9 Å². The summed E-state index contributed by atoms with van der Waals surface area (Å²) >= 11 is 0. The number of nitrogens with zero attached hydrogens (tertiary/aromatic N) is 3. The maximum Gasteiger partial charge on any atom is 0.256 e. The van der Waals surface area contributed by atoms with Gasteiger partial charge in [-0.05, 0) is 24.1 Å². The number of benzene rings is 1. The van der Waals surface area contributed by atoms with Crippen molar-refractivity contribution in [2.75, 3.05) is 19.3 Å². The molecule has 0 saturated carbocycles. The highest BCUT2D eigenvalue weighted by atomic mass is 32.2. The second kappa shape index (κ2) is 6.57. The molecule has 0 radical (unpaired) electrons. The summed E-state index contributed by atoms with van der Waals surface area (Å²) in [5.41, 5.74) is 1.46. The van der Waals surface area contributed by atoms with Crippen LogP contribution < -0.4 is 4.72 Å². The van der Waals surface area contributed by atoms with E-state index >= 15 is 0 Å². The molecule has 0 aliphatic carbocycles. The minimum absolute atomic E-state index is 0.0265. The van der Waals surface area contributed by atoms with Crippen molar-refractivity contribution in [3.8, 4) is 11.1 Å². The molecule has 1 N–H and O–H groups in total. The van der Waals surface area contributed by atoms with Crippen molar-refractivity contribution in [1.29, 1.82) is 0 Å². The summed E-state index contributed by atoms with van der Waals surface area (Å²) < 4.78 is 40.9. The lowest BCUT2D eigenvalue weighted by Crippen LogP contribution is -2.38. The minimum Gasteiger partial charge on any atom is -0.337 e. The highest BCUT2D eigenvalue weighted by Gasteiger charge is 2.30. The standard InChI is InChI=1S/C16H19FN4O3S/c1-20-9-12(8-18-20)11-3-4-15(17)14(7-11)16(22)21-6-5-13(10-21)19-25(2,23)24/h3-4,7-9,13,19H,5-6,10H2,1-2H3. The average Bonchev–Trinajstić information content (AvgIpc) is 3.15. The Labute approximate surface area is 145 Å². The summed E-state index contributed by atoms with van der Waals surface area (Å²) in [7, 11) is -1.57. The molecule has 0 spiro atoms. The van der Waals surface area contributed by atoms with Gasteiger partial charge < -0.3 is 4.90 Å². The molecule has 1 amide bonds. The van der Waals surface area contributed by atoms with Gasteiger partial charge in [0.05, 0.1) is 18.0 Å². The topological polar surface area (TPSA) is 84.3 Å². The first-order valence-electron chi connectivity index (χ1n) is 7.78. The van der Waals surface area contributed by atoms with Crippen LogP contribution in [0, 0.1) is 5.82 Å². The Bertz CT molecular complexity index is 910. The summed E-state index contributed by atoms with van der Waals surface area (Å²) in [6.45, 7) is 0.602. The number of hydrogen-bond acceptors (Lipinski definition) is 4. The molecule has 1 aromatic carbocycles. The van der Waals surface area contributed by atoms with E-state index in [-0.39, 0.29) is 18.2 Å². The number of carbonyl (C=O) groups is 1. The molecule has 7 nitrogen and oxygen atoms in total. The number of aromatic nitrogens is 2. The number of carbonyl (C=O) groups excluding carboxylic acids is 1. The number of sulfonamides is 1. The van der Waals surface area contributed by atoms with E-state index in [1.807, 2.05) is 0 Å². The zero-order chi connectivity index (χ0) is 18.2. The lowest BCUT2D eigenvalue weighted by molar-refractivity contribution is 0.0785. The molecular formula is C16H19FN4O3S. The van der Waals surface area contributed by atoms with Gasteiger partial charge in [-0.3, -0.25) is 9.48 Å². The molecule has 1 saturated heterocycles. The van der Waals surface area contributed by atoms with Gasteiger partial charge in [-0.15, -0.1) is 0 Å². The molecule has 1 aromatic heterocycles. The molecule has 9 heteroatoms. The third-order valence-corrected chi connectivity index (χ3v) is 4.85. The molecule has 25 heavy (non-hydrogen) atoms. The molecule has 1 aliphatic rings. The minimum atomic E-state index is -3.34. The average molecular weight is 366 g/mol. The van der Waals surface area contributed by atoms with E-state index in [0.29, 0.717) is 18.5 Å². The summed E-state index contributed by atoms with van der Waals surface area (Å²) in [4.78, 5) is 14.1. The fourth-order valence-corrected chi connectivity index (χ4v) is 3.75. The molecule has 2 aromatic rings. The lowest BCUT2D eigenvalue weighted by atomic mass is 10.0. The first-order valence-corrected chi connectivity index (χ1v) is 9.67. The maximum absolute atomic E-state index is 14.2. The van der Waals surface area contributed by atoms with E-state index in [1.165, 1.54) is 17.0 Å². The predicted molar refractivity (Wildman–Crippen MR) is 90.9 cm³/mol. The van der Waals surface area contributed by atoms with Crippen LogP contribution in [0.2, 0.25) is 0 Å². The van der Waals surface area contributed by atoms with E-state index in [1.54, 1.807) is 30.2 Å². The van der Waals surface area contributed by atoms with E-state index < -0.39 is 21.7 Å². The van der Waals surface area contributed by atoms with Crippen molar-refractivity contribution in [2.24, 2.45) is 7.05 Å². The van der Waals surface area contributed by atoms with Crippen LogP contribution in [0.4, 0.5) is 4.39 Å². The van der Waals surface area contributed by atoms with Gasteiger partial charge in [0.1, 0.15) is 5.82 Å². The molecular weight excluding hydrogens is 347 g/mol. The second-order valence-corrected chi connectivity index (χ2v) is 8.00. The van der Waals surface area contributed by atoms with E-state index in [2.05, 4.69) is 9.82 Å². The molecule has 2 heterocycles. The Hall–Kier alpha value is -2.26. The van der Waals surface area contributed by atoms with Crippen molar-refractivity contribution in [2.45, 2.75) is 12.5 Å². The van der Waals surface area contributed by atoms with Crippen molar-refractivity contribution < 1.29 is 17.6 Å². The second-order valence-electron chi connectivity index (χ2n) is 6.22. The smallest absolute Gasteiger partial charge is 0.256 e. The Balaban J connectivity index is 1.80. The Morgan fingerprint density at radius 3 is 2.76 bits per heavy atom. The van der Waals surface area contributed by atoms with Crippen LogP contribution >= 0.6 is 0 Å². The number of halogens is 1. The Morgan fingerprint density at radius 1 is 1.36 bits per heavy atom. The summed E-state index contributed by atoms with van der Waals surface area (Å²) in [5.74, 6) is -1.04. The molecule has 3 rings (SSSR count). The number of aryl methyl sites for hydroxylation is 1. The van der Waals surface area contributed by atoms with Gasteiger partial charge in [-0.1, -0.05) is 6.07 Å². The summed E-state index contributed by atoms with van der Waals surface area (Å²) in [5, 5.41) is 4.07. The van der Waals surface area contributed by atoms with Crippen LogP contribution in [-0.4, -0.2) is 54.4 Å².